The first-order valence-corrected chi connectivity index (χ1v) is 5.31. The van der Waals surface area contributed by atoms with Gasteiger partial charge in [0, 0.05) is 24.4 Å². The summed E-state index contributed by atoms with van der Waals surface area (Å²) in [5.41, 5.74) is 0.721. The van der Waals surface area contributed by atoms with E-state index in [9.17, 15) is 9.59 Å². The van der Waals surface area contributed by atoms with Crippen LogP contribution in [0, 0.1) is 0 Å². The van der Waals surface area contributed by atoms with Crippen LogP contribution in [-0.2, 0) is 15.0 Å². The van der Waals surface area contributed by atoms with Crippen LogP contribution in [-0.4, -0.2) is 28.5 Å². The highest BCUT2D eigenvalue weighted by Gasteiger charge is 2.21. The van der Waals surface area contributed by atoms with E-state index in [-0.39, 0.29) is 5.41 Å². The van der Waals surface area contributed by atoms with E-state index in [4.69, 9.17) is 5.11 Å². The molecule has 1 amide bonds. The number of nitrogens with one attached hydrogen (secondary N) is 1. The number of rotatable bonds is 5. The fourth-order valence-corrected chi connectivity index (χ4v) is 1.38. The zero-order chi connectivity index (χ0) is 12.9. The first-order valence-electron chi connectivity index (χ1n) is 5.31. The number of nitrogens with zero attached hydrogens (tertiary/aromatic N) is 1. The van der Waals surface area contributed by atoms with E-state index in [1.807, 2.05) is 26.0 Å². The minimum Gasteiger partial charge on any atom is -0.481 e. The molecule has 0 aromatic carbocycles. The van der Waals surface area contributed by atoms with Gasteiger partial charge in [-0.3, -0.25) is 14.6 Å². The van der Waals surface area contributed by atoms with Crippen LogP contribution in [0.15, 0.2) is 24.5 Å². The lowest BCUT2D eigenvalue weighted by molar-refractivity contribution is -0.140. The Bertz CT molecular complexity index is 401. The molecule has 0 aliphatic heterocycles. The number of aliphatic carboxylic acids is 1. The highest BCUT2D eigenvalue weighted by Crippen LogP contribution is 2.20. The Balaban J connectivity index is 2.56. The second kappa shape index (κ2) is 5.43. The quantitative estimate of drug-likeness (QED) is 0.746. The highest BCUT2D eigenvalue weighted by atomic mass is 16.4. The maximum Gasteiger partial charge on any atom is 0.312 e. The number of hydrogen-bond donors (Lipinski definition) is 2. The van der Waals surface area contributed by atoms with Gasteiger partial charge in [-0.2, -0.15) is 0 Å². The van der Waals surface area contributed by atoms with E-state index < -0.39 is 18.3 Å². The lowest BCUT2D eigenvalue weighted by Crippen LogP contribution is -2.37. The van der Waals surface area contributed by atoms with Crippen molar-refractivity contribution < 1.29 is 14.7 Å². The van der Waals surface area contributed by atoms with Crippen LogP contribution in [0.25, 0.3) is 0 Å². The van der Waals surface area contributed by atoms with Crippen LogP contribution in [0.5, 0.6) is 0 Å². The second-order valence-corrected chi connectivity index (χ2v) is 4.47. The summed E-state index contributed by atoms with van der Waals surface area (Å²) in [7, 11) is 0. The molecule has 1 aromatic rings. The Morgan fingerprint density at radius 3 is 2.71 bits per heavy atom. The summed E-state index contributed by atoms with van der Waals surface area (Å²) in [6.07, 6.45) is 2.93. The normalized spacial score (nSPS) is 10.9. The van der Waals surface area contributed by atoms with Crippen LogP contribution < -0.4 is 5.32 Å². The molecular weight excluding hydrogens is 220 g/mol. The number of pyridine rings is 1. The van der Waals surface area contributed by atoms with E-state index in [0.29, 0.717) is 6.54 Å². The Kier molecular flexibility index (Phi) is 4.20. The molecule has 0 saturated heterocycles. The van der Waals surface area contributed by atoms with Crippen molar-refractivity contribution in [3.63, 3.8) is 0 Å². The van der Waals surface area contributed by atoms with Crippen LogP contribution in [0.1, 0.15) is 25.8 Å². The Hall–Kier alpha value is -1.91. The van der Waals surface area contributed by atoms with Crippen molar-refractivity contribution in [2.75, 3.05) is 6.54 Å². The molecule has 17 heavy (non-hydrogen) atoms. The molecule has 0 unspecified atom stereocenters. The monoisotopic (exact) mass is 236 g/mol. The van der Waals surface area contributed by atoms with Crippen molar-refractivity contribution in [1.82, 2.24) is 10.3 Å². The molecule has 5 nitrogen and oxygen atoms in total. The van der Waals surface area contributed by atoms with Gasteiger partial charge >= 0.3 is 5.97 Å². The molecule has 2 N–H and O–H groups in total. The van der Waals surface area contributed by atoms with Crippen LogP contribution >= 0.6 is 0 Å². The van der Waals surface area contributed by atoms with Gasteiger partial charge in [0.25, 0.3) is 0 Å². The molecule has 0 radical (unpaired) electrons. The summed E-state index contributed by atoms with van der Waals surface area (Å²) in [4.78, 5) is 25.6. The molecule has 0 aliphatic rings. The molecule has 92 valence electrons. The third-order valence-corrected chi connectivity index (χ3v) is 2.48. The molecule has 0 saturated carbocycles. The lowest BCUT2D eigenvalue weighted by Gasteiger charge is -2.25. The van der Waals surface area contributed by atoms with Gasteiger partial charge in [-0.15, -0.1) is 0 Å². The largest absolute Gasteiger partial charge is 0.481 e. The minimum atomic E-state index is -1.12. The first kappa shape index (κ1) is 13.2. The number of carbonyl (C=O) groups is 2. The topological polar surface area (TPSA) is 79.3 Å². The molecular formula is C12H16N2O3. The van der Waals surface area contributed by atoms with E-state index in [0.717, 1.165) is 5.56 Å². The average molecular weight is 236 g/mol. The smallest absolute Gasteiger partial charge is 0.312 e. The average Bonchev–Trinajstić information content (AvgIpc) is 2.27. The predicted molar refractivity (Wildman–Crippen MR) is 62.5 cm³/mol. The van der Waals surface area contributed by atoms with Gasteiger partial charge in [0.05, 0.1) is 0 Å². The fraction of sp³-hybridized carbons (Fsp3) is 0.417. The van der Waals surface area contributed by atoms with Gasteiger partial charge < -0.3 is 10.4 Å². The molecule has 0 aliphatic carbocycles. The van der Waals surface area contributed by atoms with Crippen molar-refractivity contribution in [2.45, 2.75) is 25.7 Å². The summed E-state index contributed by atoms with van der Waals surface area (Å²) in [5.74, 6) is -1.60. The second-order valence-electron chi connectivity index (χ2n) is 4.47. The summed E-state index contributed by atoms with van der Waals surface area (Å²) >= 11 is 0. The summed E-state index contributed by atoms with van der Waals surface area (Å²) in [6, 6.07) is 3.76. The number of carboxylic acids is 1. The van der Waals surface area contributed by atoms with E-state index in [2.05, 4.69) is 10.3 Å². The van der Waals surface area contributed by atoms with Crippen LogP contribution in [0.2, 0.25) is 0 Å². The lowest BCUT2D eigenvalue weighted by atomic mass is 9.85. The first-order chi connectivity index (χ1) is 7.92. The molecule has 1 aromatic heterocycles. The van der Waals surface area contributed by atoms with E-state index in [1.165, 1.54) is 0 Å². The van der Waals surface area contributed by atoms with Crippen molar-refractivity contribution >= 4 is 11.9 Å². The predicted octanol–water partition coefficient (Wildman–Crippen LogP) is 0.950. The molecule has 1 heterocycles. The maximum absolute atomic E-state index is 11.2. The number of aromatic nitrogens is 1. The van der Waals surface area contributed by atoms with Gasteiger partial charge in [0.1, 0.15) is 6.42 Å². The molecule has 0 bridgehead atoms. The van der Waals surface area contributed by atoms with Crippen LogP contribution in [0.3, 0.4) is 0 Å². The summed E-state index contributed by atoms with van der Waals surface area (Å²) in [6.45, 7) is 4.31. The van der Waals surface area contributed by atoms with Gasteiger partial charge in [0.15, 0.2) is 0 Å². The zero-order valence-corrected chi connectivity index (χ0v) is 9.93. The Labute approximate surface area is 99.9 Å². The number of carboxylic acid groups (broad SMARTS) is 1. The standard InChI is InChI=1S/C12H16N2O3/c1-12(2,9-4-3-5-13-7-9)8-14-10(15)6-11(16)17/h3-5,7H,6,8H2,1-2H3,(H,14,15)(H,16,17). The van der Waals surface area contributed by atoms with E-state index >= 15 is 0 Å². The van der Waals surface area contributed by atoms with Crippen molar-refractivity contribution in [2.24, 2.45) is 0 Å². The molecule has 0 atom stereocenters. The van der Waals surface area contributed by atoms with Gasteiger partial charge in [-0.25, -0.2) is 0 Å². The SMILES string of the molecule is CC(C)(CNC(=O)CC(=O)O)c1cccnc1. The number of carbonyl (C=O) groups excluding carboxylic acids is 1. The summed E-state index contributed by atoms with van der Waals surface area (Å²) in [5, 5.41) is 11.1. The third-order valence-electron chi connectivity index (χ3n) is 2.48. The Morgan fingerprint density at radius 1 is 1.47 bits per heavy atom. The third kappa shape index (κ3) is 4.22. The van der Waals surface area contributed by atoms with Crippen molar-refractivity contribution in [1.29, 1.82) is 0 Å². The van der Waals surface area contributed by atoms with Gasteiger partial charge in [-0.1, -0.05) is 19.9 Å². The number of hydrogen-bond acceptors (Lipinski definition) is 3. The molecule has 0 spiro atoms. The highest BCUT2D eigenvalue weighted by molar-refractivity contribution is 5.93. The van der Waals surface area contributed by atoms with Gasteiger partial charge in [-0.05, 0) is 11.6 Å². The zero-order valence-electron chi connectivity index (χ0n) is 9.93. The summed E-state index contributed by atoms with van der Waals surface area (Å²) < 4.78 is 0. The molecule has 5 heteroatoms. The Morgan fingerprint density at radius 2 is 2.18 bits per heavy atom. The van der Waals surface area contributed by atoms with Gasteiger partial charge in [0.2, 0.25) is 5.91 Å². The minimum absolute atomic E-state index is 0.275. The van der Waals surface area contributed by atoms with E-state index in [1.54, 1.807) is 12.4 Å². The maximum atomic E-state index is 11.2. The molecule has 1 rings (SSSR count). The van der Waals surface area contributed by atoms with Crippen LogP contribution in [0.4, 0.5) is 0 Å². The molecule has 0 fully saturated rings. The van der Waals surface area contributed by atoms with Crippen molar-refractivity contribution in [3.05, 3.63) is 30.1 Å². The van der Waals surface area contributed by atoms with Crippen molar-refractivity contribution in [3.8, 4) is 0 Å². The number of amides is 1. The fourth-order valence-electron chi connectivity index (χ4n) is 1.38.